The molecule has 27 heavy (non-hydrogen) atoms. The number of halogens is 1. The van der Waals surface area contributed by atoms with Gasteiger partial charge in [0.2, 0.25) is 0 Å². The number of piperidine rings is 1. The van der Waals surface area contributed by atoms with Gasteiger partial charge in [-0.25, -0.2) is 4.98 Å². The fraction of sp³-hybridized carbons (Fsp3) is 0.789. The molecule has 4 aliphatic heterocycles. The highest BCUT2D eigenvalue weighted by Gasteiger charge is 2.32. The molecule has 2 bridgehead atoms. The van der Waals surface area contributed by atoms with Crippen molar-refractivity contribution in [1.82, 2.24) is 29.6 Å². The zero-order chi connectivity index (χ0) is 17.9. The molecule has 5 heterocycles. The van der Waals surface area contributed by atoms with Crippen molar-refractivity contribution in [2.45, 2.75) is 32.4 Å². The molecular weight excluding hydrogens is 453 g/mol. The molecule has 1 aromatic heterocycles. The molecule has 0 aromatic carbocycles. The maximum absolute atomic E-state index is 5.06. The third-order valence-electron chi connectivity index (χ3n) is 6.30. The van der Waals surface area contributed by atoms with Crippen molar-refractivity contribution >= 4 is 29.9 Å². The van der Waals surface area contributed by atoms with Gasteiger partial charge in [0, 0.05) is 70.8 Å². The predicted octanol–water partition coefficient (Wildman–Crippen LogP) is 1.35. The third-order valence-corrected chi connectivity index (χ3v) is 6.30. The van der Waals surface area contributed by atoms with Gasteiger partial charge in [-0.3, -0.25) is 14.8 Å². The molecule has 0 amide bonds. The van der Waals surface area contributed by atoms with Gasteiger partial charge in [0.25, 0.3) is 0 Å². The zero-order valence-corrected chi connectivity index (χ0v) is 19.0. The summed E-state index contributed by atoms with van der Waals surface area (Å²) in [5.41, 5.74) is 0. The topological polar surface area (TPSA) is 51.9 Å². The van der Waals surface area contributed by atoms with Crippen LogP contribution in [0, 0.1) is 5.92 Å². The van der Waals surface area contributed by atoms with Crippen molar-refractivity contribution in [3.8, 4) is 0 Å². The van der Waals surface area contributed by atoms with E-state index in [0.717, 1.165) is 32.1 Å². The molecule has 4 fully saturated rings. The van der Waals surface area contributed by atoms with Crippen LogP contribution in [0.4, 0.5) is 0 Å². The van der Waals surface area contributed by atoms with Crippen LogP contribution in [-0.4, -0.2) is 95.2 Å². The number of hydrogen-bond donors (Lipinski definition) is 1. The van der Waals surface area contributed by atoms with Crippen LogP contribution in [0.1, 0.15) is 26.3 Å². The Hall–Kier alpha value is -0.870. The fourth-order valence-corrected chi connectivity index (χ4v) is 4.61. The number of imidazole rings is 1. The van der Waals surface area contributed by atoms with Crippen molar-refractivity contribution in [3.63, 3.8) is 0 Å². The Labute approximate surface area is 180 Å². The summed E-state index contributed by atoms with van der Waals surface area (Å²) in [7, 11) is 0. The molecule has 1 aromatic rings. The number of hydrogen-bond acceptors (Lipinski definition) is 4. The van der Waals surface area contributed by atoms with Crippen molar-refractivity contribution < 1.29 is 0 Å². The third kappa shape index (κ3) is 4.76. The first-order valence-electron chi connectivity index (χ1n) is 10.2. The first kappa shape index (κ1) is 20.9. The molecule has 3 unspecified atom stereocenters. The second-order valence-corrected chi connectivity index (χ2v) is 7.97. The molecule has 0 aliphatic carbocycles. The summed E-state index contributed by atoms with van der Waals surface area (Å²) < 4.78 is 2.26. The Morgan fingerprint density at radius 1 is 1.19 bits per heavy atom. The lowest BCUT2D eigenvalue weighted by atomic mass is 9.93. The molecule has 0 saturated carbocycles. The summed E-state index contributed by atoms with van der Waals surface area (Å²) >= 11 is 0. The molecule has 3 atom stereocenters. The summed E-state index contributed by atoms with van der Waals surface area (Å²) in [6, 6.07) is 1.05. The van der Waals surface area contributed by atoms with Crippen LogP contribution < -0.4 is 5.32 Å². The lowest BCUT2D eigenvalue weighted by molar-refractivity contribution is 0.0173. The van der Waals surface area contributed by atoms with Crippen LogP contribution in [0.2, 0.25) is 0 Å². The molecule has 8 heteroatoms. The Bertz CT molecular complexity index is 597. The first-order valence-corrected chi connectivity index (χ1v) is 10.2. The Morgan fingerprint density at radius 2 is 2.00 bits per heavy atom. The maximum atomic E-state index is 5.06. The molecule has 4 saturated heterocycles. The summed E-state index contributed by atoms with van der Waals surface area (Å²) in [4.78, 5) is 17.0. The standard InChI is InChI=1S/C19H33N7.HI/c1-3-21-19(22-12-17-13-23-8-10-24(17)11-9-23)25-6-4-16(2)18(14-25)26-7-5-20-15-26;/h5,7,15-18H,3-4,6,8-14H2,1-2H3,(H,21,22);1H. The number of aliphatic imine (C=N–C) groups is 1. The van der Waals surface area contributed by atoms with Crippen LogP contribution in [0.25, 0.3) is 0 Å². The van der Waals surface area contributed by atoms with E-state index in [1.807, 2.05) is 12.5 Å². The highest BCUT2D eigenvalue weighted by molar-refractivity contribution is 14.0. The average molecular weight is 487 g/mol. The summed E-state index contributed by atoms with van der Waals surface area (Å²) in [6.07, 6.45) is 7.12. The summed E-state index contributed by atoms with van der Waals surface area (Å²) in [5, 5.41) is 3.54. The number of likely N-dealkylation sites (tertiary alicyclic amines) is 1. The van der Waals surface area contributed by atoms with Gasteiger partial charge in [0.1, 0.15) is 0 Å². The highest BCUT2D eigenvalue weighted by atomic mass is 127. The molecule has 0 spiro atoms. The molecule has 152 valence electrons. The van der Waals surface area contributed by atoms with Crippen LogP contribution in [-0.2, 0) is 0 Å². The number of guanidine groups is 1. The molecule has 1 N–H and O–H groups in total. The second-order valence-electron chi connectivity index (χ2n) is 7.97. The minimum absolute atomic E-state index is 0. The highest BCUT2D eigenvalue weighted by Crippen LogP contribution is 2.27. The Balaban J connectivity index is 0.00000210. The first-order chi connectivity index (χ1) is 12.7. The van der Waals surface area contributed by atoms with E-state index >= 15 is 0 Å². The van der Waals surface area contributed by atoms with E-state index < -0.39 is 0 Å². The number of piperazine rings is 3. The van der Waals surface area contributed by atoms with E-state index in [4.69, 9.17) is 4.99 Å². The number of nitrogens with zero attached hydrogens (tertiary/aromatic N) is 6. The number of aromatic nitrogens is 2. The van der Waals surface area contributed by atoms with Gasteiger partial charge in [0.15, 0.2) is 5.96 Å². The number of nitrogens with one attached hydrogen (secondary N) is 1. The van der Waals surface area contributed by atoms with Gasteiger partial charge in [-0.05, 0) is 19.3 Å². The van der Waals surface area contributed by atoms with E-state index in [9.17, 15) is 0 Å². The van der Waals surface area contributed by atoms with Crippen molar-refractivity contribution in [3.05, 3.63) is 18.7 Å². The quantitative estimate of drug-likeness (QED) is 0.395. The van der Waals surface area contributed by atoms with Crippen LogP contribution in [0.5, 0.6) is 0 Å². The smallest absolute Gasteiger partial charge is 0.194 e. The molecule has 5 rings (SSSR count). The van der Waals surface area contributed by atoms with E-state index in [1.165, 1.54) is 39.1 Å². The van der Waals surface area contributed by atoms with Gasteiger partial charge in [-0.2, -0.15) is 0 Å². The van der Waals surface area contributed by atoms with Crippen LogP contribution >= 0.6 is 24.0 Å². The molecule has 0 radical (unpaired) electrons. The molecular formula is C19H34IN7. The molecule has 7 nitrogen and oxygen atoms in total. The van der Waals surface area contributed by atoms with Gasteiger partial charge in [-0.1, -0.05) is 6.92 Å². The number of fused-ring (bicyclic) bond motifs is 3. The zero-order valence-electron chi connectivity index (χ0n) is 16.6. The van der Waals surface area contributed by atoms with Crippen molar-refractivity contribution in [1.29, 1.82) is 0 Å². The largest absolute Gasteiger partial charge is 0.357 e. The second kappa shape index (κ2) is 9.56. The molecule has 4 aliphatic rings. The normalized spacial score (nSPS) is 33.6. The van der Waals surface area contributed by atoms with Crippen molar-refractivity contribution in [2.24, 2.45) is 10.9 Å². The van der Waals surface area contributed by atoms with Gasteiger partial charge in [0.05, 0.1) is 18.9 Å². The van der Waals surface area contributed by atoms with E-state index in [0.29, 0.717) is 18.0 Å². The lowest BCUT2D eigenvalue weighted by Gasteiger charge is -2.47. The number of rotatable bonds is 4. The SMILES string of the molecule is CCNC(=NCC1CN2CCN1CC2)N1CCC(C)C(n2ccnc2)C1.I. The van der Waals surface area contributed by atoms with Gasteiger partial charge in [-0.15, -0.1) is 24.0 Å². The summed E-state index contributed by atoms with van der Waals surface area (Å²) in [6.45, 7) is 14.5. The van der Waals surface area contributed by atoms with E-state index in [2.05, 4.69) is 49.6 Å². The summed E-state index contributed by atoms with van der Waals surface area (Å²) in [5.74, 6) is 1.75. The minimum Gasteiger partial charge on any atom is -0.357 e. The van der Waals surface area contributed by atoms with Gasteiger partial charge >= 0.3 is 0 Å². The maximum Gasteiger partial charge on any atom is 0.194 e. The van der Waals surface area contributed by atoms with Crippen molar-refractivity contribution in [2.75, 3.05) is 58.9 Å². The fourth-order valence-electron chi connectivity index (χ4n) is 4.61. The van der Waals surface area contributed by atoms with E-state index in [-0.39, 0.29) is 24.0 Å². The van der Waals surface area contributed by atoms with Crippen LogP contribution in [0.15, 0.2) is 23.7 Å². The van der Waals surface area contributed by atoms with E-state index in [1.54, 1.807) is 0 Å². The van der Waals surface area contributed by atoms with Crippen LogP contribution in [0.3, 0.4) is 0 Å². The predicted molar refractivity (Wildman–Crippen MR) is 120 cm³/mol. The Kier molecular flexibility index (Phi) is 7.38. The minimum atomic E-state index is 0. The lowest BCUT2D eigenvalue weighted by Crippen LogP contribution is -2.62. The Morgan fingerprint density at radius 3 is 2.63 bits per heavy atom. The monoisotopic (exact) mass is 487 g/mol. The average Bonchev–Trinajstić information content (AvgIpc) is 3.21. The van der Waals surface area contributed by atoms with Gasteiger partial charge < -0.3 is 14.8 Å².